The summed E-state index contributed by atoms with van der Waals surface area (Å²) >= 11 is 0. The summed E-state index contributed by atoms with van der Waals surface area (Å²) in [6.45, 7) is 12.4. The Kier molecular flexibility index (Phi) is 13.0. The summed E-state index contributed by atoms with van der Waals surface area (Å²) in [4.78, 5) is 73.3. The number of nitrogens with zero attached hydrogens (tertiary/aromatic N) is 3. The van der Waals surface area contributed by atoms with Crippen LogP contribution in [0.1, 0.15) is 90.2 Å². The van der Waals surface area contributed by atoms with E-state index in [1.165, 1.54) is 45.4 Å². The van der Waals surface area contributed by atoms with Gasteiger partial charge in [0.1, 0.15) is 35.6 Å². The Morgan fingerprint density at radius 3 is 2.27 bits per heavy atom. The number of carbonyl (C=O) groups excluding carboxylic acids is 5. The molecule has 0 unspecified atom stereocenters. The van der Waals surface area contributed by atoms with Crippen molar-refractivity contribution in [2.45, 2.75) is 128 Å². The summed E-state index contributed by atoms with van der Waals surface area (Å²) in [6.07, 6.45) is -9.82. The number of rotatable bonds is 11. The summed E-state index contributed by atoms with van der Waals surface area (Å²) in [5, 5.41) is 31.7. The summed E-state index contributed by atoms with van der Waals surface area (Å²) in [7, 11) is 2.73. The first-order valence-electron chi connectivity index (χ1n) is 20.6. The third kappa shape index (κ3) is 8.20. The molecule has 0 spiro atoms. The van der Waals surface area contributed by atoms with Crippen LogP contribution in [0.2, 0.25) is 0 Å². The Bertz CT molecular complexity index is 2220. The van der Waals surface area contributed by atoms with Gasteiger partial charge in [-0.3, -0.25) is 9.59 Å². The van der Waals surface area contributed by atoms with Gasteiger partial charge in [-0.2, -0.15) is 0 Å². The van der Waals surface area contributed by atoms with Crippen molar-refractivity contribution in [3.05, 3.63) is 87.3 Å². The largest absolute Gasteiger partial charge is 0.456 e. The topological polar surface area (TPSA) is 251 Å². The maximum atomic E-state index is 15.6. The van der Waals surface area contributed by atoms with E-state index in [4.69, 9.17) is 38.7 Å². The van der Waals surface area contributed by atoms with Crippen LogP contribution in [0.15, 0.2) is 70.9 Å². The smallest absolute Gasteiger partial charge is 0.408 e. The Balaban J connectivity index is 1.54. The van der Waals surface area contributed by atoms with E-state index in [9.17, 15) is 29.4 Å². The average molecular weight is 877 g/mol. The highest BCUT2D eigenvalue weighted by Crippen LogP contribution is 2.64. The third-order valence-electron chi connectivity index (χ3n) is 13.3. The van der Waals surface area contributed by atoms with Crippen LogP contribution in [-0.2, 0) is 47.5 Å². The molecular weight excluding hydrogens is 821 g/mol. The van der Waals surface area contributed by atoms with Crippen LogP contribution in [0, 0.1) is 16.7 Å². The van der Waals surface area contributed by atoms with Gasteiger partial charge < -0.3 is 48.7 Å². The van der Waals surface area contributed by atoms with E-state index in [0.717, 1.165) is 0 Å². The Labute approximate surface area is 365 Å². The highest BCUT2D eigenvalue weighted by molar-refractivity contribution is 5.94. The number of hydrogen-bond donors (Lipinski definition) is 3. The lowest BCUT2D eigenvalue weighted by Crippen LogP contribution is -2.82. The molecule has 6 rings (SSSR count). The van der Waals surface area contributed by atoms with Gasteiger partial charge in [0, 0.05) is 50.0 Å². The minimum atomic E-state index is -2.31. The lowest BCUT2D eigenvalue weighted by molar-refractivity contribution is -0.347. The summed E-state index contributed by atoms with van der Waals surface area (Å²) in [5.41, 5.74) is 1.82. The maximum Gasteiger partial charge on any atom is 0.408 e. The van der Waals surface area contributed by atoms with Crippen molar-refractivity contribution in [3.63, 3.8) is 0 Å². The molecule has 2 saturated carbocycles. The molecule has 1 amide bonds. The molecule has 1 heterocycles. The molecule has 340 valence electrons. The number of methoxy groups -OCH3 is 2. The molecule has 4 aliphatic rings. The molecule has 63 heavy (non-hydrogen) atoms. The standard InChI is InChI=1S/C45H56N4O14/c1-23-28(60-39(54)33(51)32(25-15-12-11-13-16-25)47-40(55)63-41(3,4)5)21-45(56)37(61-38(53)26-17-14-18-27(19-26)48-49-46)35-43(8,36(52)34(58-10)31(23)42(45,6)7)29(57-9)20-30-44(35,22-59-30)62-24(2)50/h11-19,28-30,32-35,37,51,56H,20-22H2,1-10H3,(H,47,55)/t28-,29-,30+,32-,33+,34+,35-,37-,43+,44-,45+/m0/s1. The van der Waals surface area contributed by atoms with Crippen LogP contribution in [0.3, 0.4) is 0 Å². The van der Waals surface area contributed by atoms with Crippen LogP contribution in [0.25, 0.3) is 10.4 Å². The van der Waals surface area contributed by atoms with Crippen molar-refractivity contribution in [2.75, 3.05) is 20.8 Å². The molecule has 2 bridgehead atoms. The monoisotopic (exact) mass is 876 g/mol. The maximum absolute atomic E-state index is 15.6. The second-order valence-electron chi connectivity index (χ2n) is 18.4. The third-order valence-corrected chi connectivity index (χ3v) is 13.3. The number of Topliss-reactive ketones (excluding diaryl/α,β-unsaturated/α-hetero) is 1. The number of benzene rings is 2. The number of aliphatic hydroxyl groups is 2. The first-order valence-corrected chi connectivity index (χ1v) is 20.6. The molecule has 0 radical (unpaired) electrons. The number of nitrogens with one attached hydrogen (secondary N) is 1. The second-order valence-corrected chi connectivity index (χ2v) is 18.4. The number of hydrogen-bond acceptors (Lipinski definition) is 15. The fourth-order valence-electron chi connectivity index (χ4n) is 10.2. The molecule has 18 nitrogen and oxygen atoms in total. The van der Waals surface area contributed by atoms with E-state index in [1.54, 1.807) is 78.8 Å². The molecule has 2 aromatic rings. The second kappa shape index (κ2) is 17.3. The van der Waals surface area contributed by atoms with E-state index in [1.807, 2.05) is 0 Å². The number of azide groups is 1. The van der Waals surface area contributed by atoms with Gasteiger partial charge in [-0.05, 0) is 69.0 Å². The van der Waals surface area contributed by atoms with Crippen LogP contribution in [0.5, 0.6) is 0 Å². The van der Waals surface area contributed by atoms with Gasteiger partial charge in [0.05, 0.1) is 35.6 Å². The van der Waals surface area contributed by atoms with Crippen LogP contribution < -0.4 is 5.32 Å². The normalized spacial score (nSPS) is 31.8. The molecule has 18 heteroatoms. The van der Waals surface area contributed by atoms with Crippen molar-refractivity contribution in [1.82, 2.24) is 5.32 Å². The van der Waals surface area contributed by atoms with Crippen LogP contribution in [0.4, 0.5) is 10.5 Å². The molecule has 1 aliphatic heterocycles. The Morgan fingerprint density at radius 2 is 1.70 bits per heavy atom. The fraction of sp³-hybridized carbons (Fsp3) is 0.578. The molecule has 3 fully saturated rings. The van der Waals surface area contributed by atoms with Gasteiger partial charge >= 0.3 is 24.0 Å². The number of fused-ring (bicyclic) bond motifs is 5. The van der Waals surface area contributed by atoms with Gasteiger partial charge in [0.25, 0.3) is 0 Å². The highest BCUT2D eigenvalue weighted by Gasteiger charge is 2.78. The highest BCUT2D eigenvalue weighted by atomic mass is 16.6. The Hall–Kier alpha value is -5.36. The SMILES string of the molecule is CO[C@H]1C(=O)[C@]2(C)[C@@H](OC)C[C@H]3OC[C@@]3(OC(C)=O)[C@H]2[C@H](OC(=O)c2cccc(N=[N+]=[N-])c2)[C@]2(O)C[C@H](OC(=O)[C@H](O)[C@@H](NC(=O)OC(C)(C)C)c3ccccc3)C(C)=C1C2(C)C. The molecule has 11 atom stereocenters. The fourth-order valence-corrected chi connectivity index (χ4v) is 10.2. The van der Waals surface area contributed by atoms with Crippen LogP contribution in [-0.4, -0.2) is 114 Å². The zero-order valence-electron chi connectivity index (χ0n) is 37.1. The first-order chi connectivity index (χ1) is 29.5. The minimum absolute atomic E-state index is 0.0751. The number of aliphatic hydroxyl groups excluding tert-OH is 1. The van der Waals surface area contributed by atoms with E-state index < -0.39 is 112 Å². The quantitative estimate of drug-likeness (QED) is 0.0629. The lowest BCUT2D eigenvalue weighted by Gasteiger charge is -2.67. The van der Waals surface area contributed by atoms with E-state index in [-0.39, 0.29) is 29.9 Å². The van der Waals surface area contributed by atoms with E-state index in [0.29, 0.717) is 11.1 Å². The molecule has 1 saturated heterocycles. The van der Waals surface area contributed by atoms with Crippen molar-refractivity contribution in [2.24, 2.45) is 21.9 Å². The number of alkyl carbamates (subject to hydrolysis) is 1. The van der Waals surface area contributed by atoms with Crippen molar-refractivity contribution < 1.29 is 67.3 Å². The summed E-state index contributed by atoms with van der Waals surface area (Å²) in [5.74, 6) is -4.90. The molecule has 3 aliphatic carbocycles. The van der Waals surface area contributed by atoms with Crippen LogP contribution >= 0.6 is 0 Å². The van der Waals surface area contributed by atoms with Gasteiger partial charge in [-0.1, -0.05) is 61.4 Å². The van der Waals surface area contributed by atoms with Gasteiger partial charge in [0.15, 0.2) is 17.5 Å². The molecular formula is C45H56N4O14. The Morgan fingerprint density at radius 1 is 1.02 bits per heavy atom. The van der Waals surface area contributed by atoms with Crippen molar-refractivity contribution >= 4 is 35.5 Å². The average Bonchev–Trinajstić information content (AvgIpc) is 3.21. The van der Waals surface area contributed by atoms with E-state index >= 15 is 4.79 Å². The zero-order chi connectivity index (χ0) is 46.4. The lowest BCUT2D eigenvalue weighted by atomic mass is 9.44. The van der Waals surface area contributed by atoms with Crippen molar-refractivity contribution in [1.29, 1.82) is 0 Å². The predicted octanol–water partition coefficient (Wildman–Crippen LogP) is 5.51. The molecule has 2 aromatic carbocycles. The number of ether oxygens (including phenoxy) is 7. The molecule has 0 aromatic heterocycles. The first kappa shape index (κ1) is 47.1. The number of esters is 3. The number of amides is 1. The van der Waals surface area contributed by atoms with Gasteiger partial charge in [-0.25, -0.2) is 14.4 Å². The van der Waals surface area contributed by atoms with Gasteiger partial charge in [0.2, 0.25) is 0 Å². The molecule has 3 N–H and O–H groups in total. The summed E-state index contributed by atoms with van der Waals surface area (Å²) < 4.78 is 42.3. The van der Waals surface area contributed by atoms with Crippen molar-refractivity contribution in [3.8, 4) is 0 Å². The number of carbonyl (C=O) groups is 5. The summed E-state index contributed by atoms with van der Waals surface area (Å²) in [6, 6.07) is 12.5. The van der Waals surface area contributed by atoms with E-state index in [2.05, 4.69) is 15.3 Å². The number of ketones is 1. The minimum Gasteiger partial charge on any atom is -0.456 e. The van der Waals surface area contributed by atoms with Gasteiger partial charge in [-0.15, -0.1) is 0 Å². The zero-order valence-corrected chi connectivity index (χ0v) is 37.1. The predicted molar refractivity (Wildman–Crippen MR) is 222 cm³/mol.